The second kappa shape index (κ2) is 6.54. The molecule has 0 saturated carbocycles. The Morgan fingerprint density at radius 1 is 1.38 bits per heavy atom. The average Bonchev–Trinajstić information content (AvgIpc) is 3.08. The predicted octanol–water partition coefficient (Wildman–Crippen LogP) is 1.49. The Kier molecular flexibility index (Phi) is 4.31. The number of amides is 1. The number of benzene rings is 1. The third-order valence-corrected chi connectivity index (χ3v) is 3.86. The number of carbonyl (C=O) groups is 1. The van der Waals surface area contributed by atoms with Gasteiger partial charge in [0.2, 0.25) is 5.91 Å². The summed E-state index contributed by atoms with van der Waals surface area (Å²) >= 11 is 0. The van der Waals surface area contributed by atoms with Gasteiger partial charge in [0.25, 0.3) is 0 Å². The molecule has 5 heteroatoms. The summed E-state index contributed by atoms with van der Waals surface area (Å²) in [4.78, 5) is 12.2. The third kappa shape index (κ3) is 3.31. The number of aromatic nitrogens is 2. The van der Waals surface area contributed by atoms with E-state index in [0.717, 1.165) is 37.2 Å². The fraction of sp³-hybridized carbons (Fsp3) is 0.375. The molecule has 1 unspecified atom stereocenters. The van der Waals surface area contributed by atoms with Crippen molar-refractivity contribution in [1.29, 1.82) is 0 Å². The summed E-state index contributed by atoms with van der Waals surface area (Å²) in [6, 6.07) is 9.89. The molecule has 0 spiro atoms. The van der Waals surface area contributed by atoms with E-state index in [0.29, 0.717) is 6.54 Å². The lowest BCUT2D eigenvalue weighted by molar-refractivity contribution is -0.125. The van der Waals surface area contributed by atoms with Crippen molar-refractivity contribution in [3.63, 3.8) is 0 Å². The summed E-state index contributed by atoms with van der Waals surface area (Å²) in [6.07, 6.45) is 5.70. The van der Waals surface area contributed by atoms with Crippen LogP contribution in [-0.4, -0.2) is 28.8 Å². The van der Waals surface area contributed by atoms with Gasteiger partial charge in [0.1, 0.15) is 0 Å². The summed E-state index contributed by atoms with van der Waals surface area (Å²) in [7, 11) is 0. The summed E-state index contributed by atoms with van der Waals surface area (Å²) in [5.41, 5.74) is 2.07. The van der Waals surface area contributed by atoms with Crippen molar-refractivity contribution in [2.75, 3.05) is 13.1 Å². The molecular formula is C16H20N4O. The lowest BCUT2D eigenvalue weighted by Gasteiger charge is -2.22. The van der Waals surface area contributed by atoms with Crippen LogP contribution in [0, 0.1) is 5.92 Å². The van der Waals surface area contributed by atoms with Gasteiger partial charge in [-0.1, -0.05) is 18.2 Å². The minimum absolute atomic E-state index is 0.0932. The van der Waals surface area contributed by atoms with Gasteiger partial charge in [0.05, 0.1) is 11.6 Å². The minimum atomic E-state index is 0.0932. The van der Waals surface area contributed by atoms with Crippen molar-refractivity contribution in [3.8, 4) is 5.69 Å². The van der Waals surface area contributed by atoms with Gasteiger partial charge in [-0.2, -0.15) is 5.10 Å². The first-order chi connectivity index (χ1) is 10.3. The lowest BCUT2D eigenvalue weighted by atomic mass is 9.99. The van der Waals surface area contributed by atoms with Crippen LogP contribution < -0.4 is 10.6 Å². The fourth-order valence-electron chi connectivity index (χ4n) is 2.70. The van der Waals surface area contributed by atoms with Crippen molar-refractivity contribution in [2.24, 2.45) is 5.92 Å². The molecule has 1 aliphatic heterocycles. The summed E-state index contributed by atoms with van der Waals surface area (Å²) in [5.74, 6) is 0.230. The number of rotatable bonds is 4. The van der Waals surface area contributed by atoms with Gasteiger partial charge >= 0.3 is 0 Å². The molecule has 5 nitrogen and oxygen atoms in total. The van der Waals surface area contributed by atoms with E-state index in [4.69, 9.17) is 0 Å². The molecule has 0 bridgehead atoms. The van der Waals surface area contributed by atoms with E-state index in [1.165, 1.54) is 0 Å². The van der Waals surface area contributed by atoms with Gasteiger partial charge < -0.3 is 10.6 Å². The lowest BCUT2D eigenvalue weighted by Crippen LogP contribution is -2.40. The molecule has 3 rings (SSSR count). The van der Waals surface area contributed by atoms with Gasteiger partial charge in [-0.05, 0) is 37.1 Å². The van der Waals surface area contributed by atoms with Crippen LogP contribution in [-0.2, 0) is 11.3 Å². The first-order valence-corrected chi connectivity index (χ1v) is 7.41. The highest BCUT2D eigenvalue weighted by molar-refractivity contribution is 5.79. The number of nitrogens with one attached hydrogen (secondary N) is 2. The molecule has 0 radical (unpaired) electrons. The summed E-state index contributed by atoms with van der Waals surface area (Å²) in [6.45, 7) is 2.34. The highest BCUT2D eigenvalue weighted by Crippen LogP contribution is 2.14. The molecule has 0 aliphatic carbocycles. The summed E-state index contributed by atoms with van der Waals surface area (Å²) < 4.78 is 1.82. The van der Waals surface area contributed by atoms with Gasteiger partial charge in [0, 0.05) is 25.5 Å². The average molecular weight is 284 g/mol. The Hall–Kier alpha value is -2.14. The minimum Gasteiger partial charge on any atom is -0.352 e. The van der Waals surface area contributed by atoms with E-state index >= 15 is 0 Å². The van der Waals surface area contributed by atoms with E-state index in [-0.39, 0.29) is 11.8 Å². The standard InChI is InChI=1S/C16H20N4O/c21-16(14-6-3-8-17-11-14)18-12-13-5-1-2-7-15(13)20-10-4-9-19-20/h1-2,4-5,7,9-10,14,17H,3,6,8,11-12H2,(H,18,21). The zero-order valence-electron chi connectivity index (χ0n) is 12.0. The normalized spacial score (nSPS) is 18.4. The monoisotopic (exact) mass is 284 g/mol. The van der Waals surface area contributed by atoms with E-state index in [1.54, 1.807) is 6.20 Å². The van der Waals surface area contributed by atoms with Crippen molar-refractivity contribution >= 4 is 5.91 Å². The molecule has 2 heterocycles. The van der Waals surface area contributed by atoms with E-state index < -0.39 is 0 Å². The van der Waals surface area contributed by atoms with Crippen LogP contribution in [0.4, 0.5) is 0 Å². The molecule has 2 aromatic rings. The van der Waals surface area contributed by atoms with Gasteiger partial charge in [-0.25, -0.2) is 4.68 Å². The Balaban J connectivity index is 1.66. The zero-order valence-corrected chi connectivity index (χ0v) is 12.0. The van der Waals surface area contributed by atoms with Gasteiger partial charge in [-0.3, -0.25) is 4.79 Å². The molecule has 1 aromatic carbocycles. The first-order valence-electron chi connectivity index (χ1n) is 7.41. The smallest absolute Gasteiger partial charge is 0.224 e. The highest BCUT2D eigenvalue weighted by atomic mass is 16.1. The number of para-hydroxylation sites is 1. The van der Waals surface area contributed by atoms with Crippen LogP contribution in [0.15, 0.2) is 42.7 Å². The molecule has 21 heavy (non-hydrogen) atoms. The largest absolute Gasteiger partial charge is 0.352 e. The molecule has 1 amide bonds. The number of hydrogen-bond acceptors (Lipinski definition) is 3. The fourth-order valence-corrected chi connectivity index (χ4v) is 2.70. The Morgan fingerprint density at radius 3 is 3.05 bits per heavy atom. The highest BCUT2D eigenvalue weighted by Gasteiger charge is 2.20. The van der Waals surface area contributed by atoms with E-state index in [9.17, 15) is 4.79 Å². The molecule has 1 fully saturated rings. The van der Waals surface area contributed by atoms with Gasteiger partial charge in [0.15, 0.2) is 0 Å². The molecule has 1 atom stereocenters. The number of carbonyl (C=O) groups excluding carboxylic acids is 1. The maximum atomic E-state index is 12.2. The quantitative estimate of drug-likeness (QED) is 0.894. The SMILES string of the molecule is O=C(NCc1ccccc1-n1cccn1)C1CCCNC1. The van der Waals surface area contributed by atoms with Crippen LogP contribution in [0.2, 0.25) is 0 Å². The van der Waals surface area contributed by atoms with Crippen molar-refractivity contribution in [3.05, 3.63) is 48.3 Å². The summed E-state index contributed by atoms with van der Waals surface area (Å²) in [5, 5.41) is 10.6. The van der Waals surface area contributed by atoms with Crippen LogP contribution >= 0.6 is 0 Å². The van der Waals surface area contributed by atoms with E-state index in [1.807, 2.05) is 41.2 Å². The van der Waals surface area contributed by atoms with Crippen molar-refractivity contribution in [2.45, 2.75) is 19.4 Å². The molecule has 1 aliphatic rings. The molecular weight excluding hydrogens is 264 g/mol. The topological polar surface area (TPSA) is 59.0 Å². The maximum Gasteiger partial charge on any atom is 0.224 e. The Bertz CT molecular complexity index is 588. The van der Waals surface area contributed by atoms with Crippen molar-refractivity contribution < 1.29 is 4.79 Å². The molecule has 1 saturated heterocycles. The Morgan fingerprint density at radius 2 is 2.29 bits per heavy atom. The number of nitrogens with zero attached hydrogens (tertiary/aromatic N) is 2. The zero-order chi connectivity index (χ0) is 14.5. The predicted molar refractivity (Wildman–Crippen MR) is 81.0 cm³/mol. The van der Waals surface area contributed by atoms with Gasteiger partial charge in [-0.15, -0.1) is 0 Å². The van der Waals surface area contributed by atoms with Crippen LogP contribution in [0.5, 0.6) is 0 Å². The second-order valence-electron chi connectivity index (χ2n) is 5.34. The molecule has 2 N–H and O–H groups in total. The number of hydrogen-bond donors (Lipinski definition) is 2. The number of piperidine rings is 1. The second-order valence-corrected chi connectivity index (χ2v) is 5.34. The first kappa shape index (κ1) is 13.8. The molecule has 1 aromatic heterocycles. The van der Waals surface area contributed by atoms with Crippen LogP contribution in [0.25, 0.3) is 5.69 Å². The van der Waals surface area contributed by atoms with E-state index in [2.05, 4.69) is 15.7 Å². The maximum absolute atomic E-state index is 12.2. The third-order valence-electron chi connectivity index (χ3n) is 3.86. The van der Waals surface area contributed by atoms with Crippen molar-refractivity contribution in [1.82, 2.24) is 20.4 Å². The molecule has 110 valence electrons. The van der Waals surface area contributed by atoms with Crippen LogP contribution in [0.1, 0.15) is 18.4 Å². The van der Waals surface area contributed by atoms with Crippen LogP contribution in [0.3, 0.4) is 0 Å². The Labute approximate surface area is 124 Å².